The fraction of sp³-hybridized carbons (Fsp3) is 0.541. The van der Waals surface area contributed by atoms with Crippen LogP contribution in [-0.4, -0.2) is 83.9 Å². The Morgan fingerprint density at radius 1 is 0.900 bits per heavy atom. The summed E-state index contributed by atoms with van der Waals surface area (Å²) in [5, 5.41) is 17.7. The van der Waals surface area contributed by atoms with Gasteiger partial charge in [-0.05, 0) is 104 Å². The number of nitrogens with two attached hydrogens (primary N) is 2. The van der Waals surface area contributed by atoms with Crippen LogP contribution in [0, 0.1) is 23.2 Å². The van der Waals surface area contributed by atoms with Crippen LogP contribution in [0.1, 0.15) is 49.7 Å². The van der Waals surface area contributed by atoms with E-state index in [1.54, 1.807) is 12.1 Å². The summed E-state index contributed by atoms with van der Waals surface area (Å²) in [5.74, 6) is -1.51. The minimum absolute atomic E-state index is 0.0989. The molecule has 4 aliphatic carbocycles. The van der Waals surface area contributed by atoms with Gasteiger partial charge in [-0.25, -0.2) is 0 Å². The Bertz CT molecular complexity index is 1540. The monoisotopic (exact) mass is 707 g/mol. The number of nitrogens with one attached hydrogen (secondary N) is 3. The van der Waals surface area contributed by atoms with E-state index in [0.717, 1.165) is 30.4 Å². The molecule has 0 aliphatic heterocycles. The summed E-state index contributed by atoms with van der Waals surface area (Å²) in [6.45, 7) is -0.436. The molecular formula is C37H49N5O7S. The second-order valence-electron chi connectivity index (χ2n) is 14.2. The summed E-state index contributed by atoms with van der Waals surface area (Å²) in [4.78, 5) is 68.0. The molecule has 8 N–H and O–H groups in total. The smallest absolute Gasteiger partial charge is 0.327 e. The van der Waals surface area contributed by atoms with E-state index in [1.165, 1.54) is 31.0 Å². The number of ether oxygens (including phenoxy) is 1. The second kappa shape index (κ2) is 15.9. The van der Waals surface area contributed by atoms with Crippen molar-refractivity contribution in [3.05, 3.63) is 65.7 Å². The quantitative estimate of drug-likeness (QED) is 0.139. The standard InChI is InChI=1S/C37H49N5O7S/c1-49-35(48)37(39)26-15-24-14-25(16-26)20-36(37,19-24)32(45)30(18-22-6-4-3-5-7-22)41-31(44)21-40-34(47)29(12-13-50-2)42-33(46)28(38)17-23-8-10-27(43)11-9-23/h3-11,24-26,28-30,43H,12-21,38-39H2,1-2H3,(H,40,47)(H,41,44)(H,42,46)/t24?,25?,26?,28-,29+,30-,36?,37?/m0/s1. The summed E-state index contributed by atoms with van der Waals surface area (Å²) in [6, 6.07) is 12.8. The van der Waals surface area contributed by atoms with Crippen LogP contribution in [0.4, 0.5) is 0 Å². The van der Waals surface area contributed by atoms with Gasteiger partial charge in [0.15, 0.2) is 5.78 Å². The van der Waals surface area contributed by atoms with Crippen molar-refractivity contribution < 1.29 is 33.8 Å². The highest BCUT2D eigenvalue weighted by Gasteiger charge is 2.71. The van der Waals surface area contributed by atoms with Gasteiger partial charge in [-0.3, -0.25) is 24.0 Å². The summed E-state index contributed by atoms with van der Waals surface area (Å²) < 4.78 is 5.23. The third-order valence-corrected chi connectivity index (χ3v) is 11.6. The first-order chi connectivity index (χ1) is 23.9. The zero-order chi connectivity index (χ0) is 36.1. The summed E-state index contributed by atoms with van der Waals surface area (Å²) in [6.07, 6.45) is 6.05. The van der Waals surface area contributed by atoms with Crippen LogP contribution in [0.15, 0.2) is 54.6 Å². The summed E-state index contributed by atoms with van der Waals surface area (Å²) >= 11 is 1.50. The third kappa shape index (κ3) is 7.84. The van der Waals surface area contributed by atoms with E-state index in [2.05, 4.69) is 16.0 Å². The molecule has 6 atom stereocenters. The number of thioether (sulfide) groups is 1. The van der Waals surface area contributed by atoms with Crippen molar-refractivity contribution in [3.8, 4) is 5.75 Å². The molecule has 50 heavy (non-hydrogen) atoms. The first kappa shape index (κ1) is 37.3. The lowest BCUT2D eigenvalue weighted by molar-refractivity contribution is -0.186. The number of Topliss-reactive ketones (excluding diaryl/α,β-unsaturated/α-hetero) is 1. The average molecular weight is 708 g/mol. The molecular weight excluding hydrogens is 659 g/mol. The Morgan fingerprint density at radius 3 is 2.16 bits per heavy atom. The SMILES string of the molecule is COC(=O)C1(N)C2CC3CC(C2)CC1(C(=O)[C@H](Cc1ccccc1)NC(=O)CNC(=O)[C@@H](CCSC)NC(=O)[C@@H](N)Cc1ccc(O)cc1)C3. The number of hydrogen-bond donors (Lipinski definition) is 6. The number of methoxy groups -OCH3 is 1. The topological polar surface area (TPSA) is 203 Å². The maximum Gasteiger partial charge on any atom is 0.327 e. The maximum absolute atomic E-state index is 14.8. The van der Waals surface area contributed by atoms with Gasteiger partial charge < -0.3 is 37.3 Å². The molecule has 2 aromatic rings. The molecule has 6 rings (SSSR count). The number of aromatic hydroxyl groups is 1. The average Bonchev–Trinajstić information content (AvgIpc) is 3.11. The van der Waals surface area contributed by atoms with E-state index in [-0.39, 0.29) is 42.1 Å². The van der Waals surface area contributed by atoms with Crippen molar-refractivity contribution >= 4 is 41.2 Å². The Kier molecular flexibility index (Phi) is 11.9. The highest BCUT2D eigenvalue weighted by Crippen LogP contribution is 2.64. The molecule has 4 saturated carbocycles. The van der Waals surface area contributed by atoms with Gasteiger partial charge in [0, 0.05) is 0 Å². The van der Waals surface area contributed by atoms with Gasteiger partial charge in [-0.1, -0.05) is 42.5 Å². The van der Waals surface area contributed by atoms with Crippen LogP contribution in [0.3, 0.4) is 0 Å². The summed E-state index contributed by atoms with van der Waals surface area (Å²) in [7, 11) is 1.30. The molecule has 2 aromatic carbocycles. The largest absolute Gasteiger partial charge is 0.508 e. The Hall–Kier alpha value is -3.94. The van der Waals surface area contributed by atoms with Crippen molar-refractivity contribution in [2.24, 2.45) is 34.6 Å². The van der Waals surface area contributed by atoms with E-state index >= 15 is 0 Å². The van der Waals surface area contributed by atoms with Gasteiger partial charge in [-0.2, -0.15) is 11.8 Å². The highest BCUT2D eigenvalue weighted by atomic mass is 32.2. The Labute approximate surface area is 297 Å². The number of amides is 3. The first-order valence-electron chi connectivity index (χ1n) is 17.3. The van der Waals surface area contributed by atoms with Gasteiger partial charge in [0.1, 0.15) is 17.3 Å². The maximum atomic E-state index is 14.8. The number of phenols is 1. The van der Waals surface area contributed by atoms with E-state index < -0.39 is 59.3 Å². The van der Waals surface area contributed by atoms with E-state index in [1.807, 2.05) is 36.6 Å². The molecule has 270 valence electrons. The van der Waals surface area contributed by atoms with Crippen LogP contribution in [0.2, 0.25) is 0 Å². The highest BCUT2D eigenvalue weighted by molar-refractivity contribution is 7.98. The molecule has 3 unspecified atom stereocenters. The number of rotatable bonds is 16. The molecule has 4 bridgehead atoms. The Morgan fingerprint density at radius 2 is 1.54 bits per heavy atom. The van der Waals surface area contributed by atoms with Crippen LogP contribution in [0.5, 0.6) is 5.75 Å². The van der Waals surface area contributed by atoms with Gasteiger partial charge in [0.2, 0.25) is 17.7 Å². The number of carbonyl (C=O) groups excluding carboxylic acids is 5. The van der Waals surface area contributed by atoms with Gasteiger partial charge in [0.25, 0.3) is 0 Å². The van der Waals surface area contributed by atoms with Crippen molar-refractivity contribution in [1.82, 2.24) is 16.0 Å². The predicted molar refractivity (Wildman–Crippen MR) is 190 cm³/mol. The number of phenolic OH excluding ortho intramolecular Hbond substituents is 1. The molecule has 4 fully saturated rings. The lowest BCUT2D eigenvalue weighted by atomic mass is 9.40. The van der Waals surface area contributed by atoms with Crippen LogP contribution >= 0.6 is 11.8 Å². The third-order valence-electron chi connectivity index (χ3n) is 10.9. The summed E-state index contributed by atoms with van der Waals surface area (Å²) in [5.41, 5.74) is 12.0. The second-order valence-corrected chi connectivity index (χ2v) is 15.2. The molecule has 13 heteroatoms. The molecule has 3 amide bonds. The fourth-order valence-electron chi connectivity index (χ4n) is 8.69. The van der Waals surface area contributed by atoms with E-state index in [0.29, 0.717) is 25.0 Å². The van der Waals surface area contributed by atoms with Gasteiger partial charge >= 0.3 is 5.97 Å². The molecule has 0 radical (unpaired) electrons. The molecule has 0 saturated heterocycles. The minimum Gasteiger partial charge on any atom is -0.508 e. The lowest BCUT2D eigenvalue weighted by Gasteiger charge is -2.64. The van der Waals surface area contributed by atoms with Crippen molar-refractivity contribution in [1.29, 1.82) is 0 Å². The number of ketones is 1. The molecule has 4 aliphatic rings. The van der Waals surface area contributed by atoms with Crippen LogP contribution < -0.4 is 27.4 Å². The number of carbonyl (C=O) groups is 5. The lowest BCUT2D eigenvalue weighted by Crippen LogP contribution is -2.77. The number of hydrogen-bond acceptors (Lipinski definition) is 10. The van der Waals surface area contributed by atoms with Crippen molar-refractivity contribution in [2.75, 3.05) is 25.7 Å². The molecule has 0 heterocycles. The predicted octanol–water partition coefficient (Wildman–Crippen LogP) is 1.61. The van der Waals surface area contributed by atoms with Crippen LogP contribution in [0.25, 0.3) is 0 Å². The normalized spacial score (nSPS) is 26.7. The van der Waals surface area contributed by atoms with E-state index in [9.17, 15) is 29.1 Å². The van der Waals surface area contributed by atoms with Crippen LogP contribution in [-0.2, 0) is 41.6 Å². The molecule has 0 aromatic heterocycles. The van der Waals surface area contributed by atoms with E-state index in [4.69, 9.17) is 16.2 Å². The van der Waals surface area contributed by atoms with Crippen molar-refractivity contribution in [3.63, 3.8) is 0 Å². The fourth-order valence-corrected chi connectivity index (χ4v) is 9.17. The Balaban J connectivity index is 1.28. The number of esters is 1. The minimum atomic E-state index is -1.49. The van der Waals surface area contributed by atoms with Crippen molar-refractivity contribution in [2.45, 2.75) is 75.0 Å². The van der Waals surface area contributed by atoms with Gasteiger partial charge in [0.05, 0.1) is 31.2 Å². The van der Waals surface area contributed by atoms with Gasteiger partial charge in [-0.15, -0.1) is 0 Å². The number of benzene rings is 2. The zero-order valence-electron chi connectivity index (χ0n) is 28.7. The zero-order valence-corrected chi connectivity index (χ0v) is 29.5. The molecule has 0 spiro atoms. The first-order valence-corrected chi connectivity index (χ1v) is 18.6. The molecule has 12 nitrogen and oxygen atoms in total.